The number of hydrogen-bond acceptors (Lipinski definition) is 4. The molecule has 0 unspecified atom stereocenters. The lowest BCUT2D eigenvalue weighted by Crippen LogP contribution is -2.36. The summed E-state index contributed by atoms with van der Waals surface area (Å²) in [6.07, 6.45) is 7.02. The molecule has 2 aromatic carbocycles. The number of anilines is 1. The molecule has 30 heavy (non-hydrogen) atoms. The second kappa shape index (κ2) is 7.99. The standard InChI is InChI=1S/C24H23N5O/c30-23(29-12-10-17-5-1-2-6-19(17)16-29)20-14-27-24(28-15-20)25-11-9-18-13-26-22-8-4-3-7-21(18)22/h1-8,13-15,26H,9-12,16H2,(H,25,27,28). The van der Waals surface area contributed by atoms with E-state index in [1.807, 2.05) is 29.3 Å². The van der Waals surface area contributed by atoms with E-state index >= 15 is 0 Å². The minimum absolute atomic E-state index is 0.0187. The molecule has 150 valence electrons. The zero-order valence-corrected chi connectivity index (χ0v) is 16.6. The van der Waals surface area contributed by atoms with Crippen LogP contribution in [0.15, 0.2) is 67.1 Å². The van der Waals surface area contributed by atoms with Crippen molar-refractivity contribution in [3.63, 3.8) is 0 Å². The molecule has 6 nitrogen and oxygen atoms in total. The largest absolute Gasteiger partial charge is 0.361 e. The third kappa shape index (κ3) is 3.64. The Morgan fingerprint density at radius 3 is 2.67 bits per heavy atom. The van der Waals surface area contributed by atoms with Gasteiger partial charge in [-0.05, 0) is 35.6 Å². The summed E-state index contributed by atoms with van der Waals surface area (Å²) in [5, 5.41) is 4.49. The quantitative estimate of drug-likeness (QED) is 0.537. The molecule has 6 heteroatoms. The van der Waals surface area contributed by atoms with Crippen molar-refractivity contribution in [3.8, 4) is 0 Å². The van der Waals surface area contributed by atoms with E-state index in [0.29, 0.717) is 18.1 Å². The number of amides is 1. The maximum Gasteiger partial charge on any atom is 0.257 e. The number of nitrogens with zero attached hydrogens (tertiary/aromatic N) is 3. The number of rotatable bonds is 5. The third-order valence-corrected chi connectivity index (χ3v) is 5.67. The second-order valence-corrected chi connectivity index (χ2v) is 7.58. The number of aromatic nitrogens is 3. The molecule has 0 radical (unpaired) electrons. The summed E-state index contributed by atoms with van der Waals surface area (Å²) >= 11 is 0. The molecule has 0 fully saturated rings. The summed E-state index contributed by atoms with van der Waals surface area (Å²) < 4.78 is 0. The summed E-state index contributed by atoms with van der Waals surface area (Å²) in [4.78, 5) is 26.7. The van der Waals surface area contributed by atoms with Gasteiger partial charge in [-0.3, -0.25) is 4.79 Å². The van der Waals surface area contributed by atoms with Crippen LogP contribution in [0.1, 0.15) is 27.0 Å². The van der Waals surface area contributed by atoms with Crippen molar-refractivity contribution in [3.05, 3.63) is 89.4 Å². The Morgan fingerprint density at radius 2 is 1.80 bits per heavy atom. The normalized spacial score (nSPS) is 13.3. The van der Waals surface area contributed by atoms with Crippen molar-refractivity contribution >= 4 is 22.8 Å². The molecule has 5 rings (SSSR count). The van der Waals surface area contributed by atoms with E-state index in [-0.39, 0.29) is 5.91 Å². The number of H-pyrrole nitrogens is 1. The predicted octanol–water partition coefficient (Wildman–Crippen LogP) is 3.81. The molecule has 4 aromatic rings. The van der Waals surface area contributed by atoms with Crippen LogP contribution < -0.4 is 5.32 Å². The maximum absolute atomic E-state index is 12.8. The molecule has 0 saturated heterocycles. The van der Waals surface area contributed by atoms with E-state index in [1.165, 1.54) is 22.1 Å². The smallest absolute Gasteiger partial charge is 0.257 e. The molecule has 1 aliphatic rings. The Balaban J connectivity index is 1.19. The lowest BCUT2D eigenvalue weighted by molar-refractivity contribution is 0.0734. The van der Waals surface area contributed by atoms with Gasteiger partial charge >= 0.3 is 0 Å². The first-order chi connectivity index (χ1) is 14.8. The van der Waals surface area contributed by atoms with E-state index in [4.69, 9.17) is 0 Å². The summed E-state index contributed by atoms with van der Waals surface area (Å²) in [6.45, 7) is 2.08. The number of hydrogen-bond donors (Lipinski definition) is 2. The van der Waals surface area contributed by atoms with Crippen LogP contribution in [0.2, 0.25) is 0 Å². The highest BCUT2D eigenvalue weighted by Crippen LogP contribution is 2.20. The second-order valence-electron chi connectivity index (χ2n) is 7.58. The fraction of sp³-hybridized carbons (Fsp3) is 0.208. The zero-order valence-electron chi connectivity index (χ0n) is 16.6. The van der Waals surface area contributed by atoms with Crippen LogP contribution in [0.25, 0.3) is 10.9 Å². The van der Waals surface area contributed by atoms with Crippen molar-refractivity contribution in [2.75, 3.05) is 18.4 Å². The van der Waals surface area contributed by atoms with Gasteiger partial charge in [0.2, 0.25) is 5.95 Å². The van der Waals surface area contributed by atoms with Crippen molar-refractivity contribution in [1.82, 2.24) is 19.9 Å². The maximum atomic E-state index is 12.8. The first-order valence-electron chi connectivity index (χ1n) is 10.2. The highest BCUT2D eigenvalue weighted by molar-refractivity contribution is 5.93. The molecule has 0 saturated carbocycles. The fourth-order valence-corrected chi connectivity index (χ4v) is 4.03. The van der Waals surface area contributed by atoms with Gasteiger partial charge in [-0.2, -0.15) is 0 Å². The Kier molecular flexibility index (Phi) is 4.89. The average molecular weight is 397 g/mol. The molecule has 2 aromatic heterocycles. The number of carbonyl (C=O) groups is 1. The molecule has 1 amide bonds. The monoisotopic (exact) mass is 397 g/mol. The Labute approximate surface area is 175 Å². The number of aromatic amines is 1. The van der Waals surface area contributed by atoms with Gasteiger partial charge in [0.15, 0.2) is 0 Å². The third-order valence-electron chi connectivity index (χ3n) is 5.67. The minimum Gasteiger partial charge on any atom is -0.361 e. The van der Waals surface area contributed by atoms with Crippen LogP contribution in [0.4, 0.5) is 5.95 Å². The number of carbonyl (C=O) groups excluding carboxylic acids is 1. The molecule has 1 aliphatic heterocycles. The van der Waals surface area contributed by atoms with Crippen molar-refractivity contribution < 1.29 is 4.79 Å². The van der Waals surface area contributed by atoms with E-state index in [2.05, 4.69) is 50.6 Å². The molecular weight excluding hydrogens is 374 g/mol. The molecule has 2 N–H and O–H groups in total. The van der Waals surface area contributed by atoms with E-state index in [9.17, 15) is 4.79 Å². The van der Waals surface area contributed by atoms with Crippen LogP contribution >= 0.6 is 0 Å². The summed E-state index contributed by atoms with van der Waals surface area (Å²) in [6, 6.07) is 16.6. The van der Waals surface area contributed by atoms with Crippen LogP contribution in [0.5, 0.6) is 0 Å². The Morgan fingerprint density at radius 1 is 1.03 bits per heavy atom. The SMILES string of the molecule is O=C(c1cnc(NCCc2c[nH]c3ccccc23)nc1)N1CCc2ccccc2C1. The van der Waals surface area contributed by atoms with Gasteiger partial charge in [-0.15, -0.1) is 0 Å². The molecule has 0 spiro atoms. The van der Waals surface area contributed by atoms with Crippen molar-refractivity contribution in [2.24, 2.45) is 0 Å². The Bertz CT molecular complexity index is 1180. The molecule has 0 aliphatic carbocycles. The summed E-state index contributed by atoms with van der Waals surface area (Å²) in [5.41, 5.74) is 5.47. The van der Waals surface area contributed by atoms with Crippen LogP contribution in [0.3, 0.4) is 0 Å². The predicted molar refractivity (Wildman–Crippen MR) is 117 cm³/mol. The van der Waals surface area contributed by atoms with Crippen LogP contribution in [-0.2, 0) is 19.4 Å². The molecule has 0 atom stereocenters. The Hall–Kier alpha value is -3.67. The van der Waals surface area contributed by atoms with E-state index < -0.39 is 0 Å². The van der Waals surface area contributed by atoms with Crippen molar-refractivity contribution in [1.29, 1.82) is 0 Å². The van der Waals surface area contributed by atoms with E-state index in [0.717, 1.165) is 31.4 Å². The van der Waals surface area contributed by atoms with Gasteiger partial charge in [0.1, 0.15) is 0 Å². The number of para-hydroxylation sites is 1. The number of fused-ring (bicyclic) bond motifs is 2. The van der Waals surface area contributed by atoms with Gasteiger partial charge in [0.25, 0.3) is 5.91 Å². The summed E-state index contributed by atoms with van der Waals surface area (Å²) in [7, 11) is 0. The van der Waals surface area contributed by atoms with Gasteiger partial charge in [-0.1, -0.05) is 42.5 Å². The first-order valence-corrected chi connectivity index (χ1v) is 10.2. The average Bonchev–Trinajstić information content (AvgIpc) is 3.22. The van der Waals surface area contributed by atoms with E-state index in [1.54, 1.807) is 12.4 Å². The summed E-state index contributed by atoms with van der Waals surface area (Å²) in [5.74, 6) is 0.519. The first kappa shape index (κ1) is 18.4. The number of benzene rings is 2. The lowest BCUT2D eigenvalue weighted by atomic mass is 9.99. The topological polar surface area (TPSA) is 73.9 Å². The van der Waals surface area contributed by atoms with Crippen molar-refractivity contribution in [2.45, 2.75) is 19.4 Å². The molecule has 3 heterocycles. The number of nitrogens with one attached hydrogen (secondary N) is 2. The highest BCUT2D eigenvalue weighted by Gasteiger charge is 2.22. The molecular formula is C24H23N5O. The highest BCUT2D eigenvalue weighted by atomic mass is 16.2. The van der Waals surface area contributed by atoms with Gasteiger partial charge in [-0.25, -0.2) is 9.97 Å². The van der Waals surface area contributed by atoms with Crippen LogP contribution in [0, 0.1) is 0 Å². The van der Waals surface area contributed by atoms with Gasteiger partial charge in [0, 0.05) is 49.1 Å². The van der Waals surface area contributed by atoms with Gasteiger partial charge < -0.3 is 15.2 Å². The fourth-order valence-electron chi connectivity index (χ4n) is 4.03. The van der Waals surface area contributed by atoms with Gasteiger partial charge in [0.05, 0.1) is 5.56 Å². The zero-order chi connectivity index (χ0) is 20.3. The van der Waals surface area contributed by atoms with Crippen LogP contribution in [-0.4, -0.2) is 38.8 Å². The lowest BCUT2D eigenvalue weighted by Gasteiger charge is -2.28. The molecule has 0 bridgehead atoms. The minimum atomic E-state index is -0.0187.